The van der Waals surface area contributed by atoms with Crippen molar-refractivity contribution < 1.29 is 9.53 Å². The maximum atomic E-state index is 12.1. The van der Waals surface area contributed by atoms with Crippen LogP contribution in [-0.4, -0.2) is 42.3 Å². The highest BCUT2D eigenvalue weighted by Crippen LogP contribution is 2.16. The summed E-state index contributed by atoms with van der Waals surface area (Å²) in [5.41, 5.74) is 0. The minimum Gasteiger partial charge on any atom is -0.379 e. The van der Waals surface area contributed by atoms with Crippen molar-refractivity contribution in [3.05, 3.63) is 0 Å². The number of amides is 1. The molecule has 0 saturated carbocycles. The molecule has 4 nitrogen and oxygen atoms in total. The van der Waals surface area contributed by atoms with E-state index in [1.807, 2.05) is 18.7 Å². The molecule has 0 spiro atoms. The molecule has 1 amide bonds. The van der Waals surface area contributed by atoms with Crippen LogP contribution in [0.25, 0.3) is 0 Å². The zero-order valence-electron chi connectivity index (χ0n) is 12.2. The molecule has 2 unspecified atom stereocenters. The van der Waals surface area contributed by atoms with Crippen molar-refractivity contribution >= 4 is 5.91 Å². The van der Waals surface area contributed by atoms with Gasteiger partial charge >= 0.3 is 0 Å². The van der Waals surface area contributed by atoms with E-state index in [2.05, 4.69) is 19.2 Å². The third-order valence-electron chi connectivity index (χ3n) is 3.39. The Morgan fingerprint density at radius 2 is 2.00 bits per heavy atom. The van der Waals surface area contributed by atoms with Crippen molar-refractivity contribution in [2.24, 2.45) is 0 Å². The molecule has 1 heterocycles. The molecule has 1 saturated heterocycles. The summed E-state index contributed by atoms with van der Waals surface area (Å²) in [4.78, 5) is 14.1. The van der Waals surface area contributed by atoms with Gasteiger partial charge < -0.3 is 9.64 Å². The highest BCUT2D eigenvalue weighted by Gasteiger charge is 2.35. The van der Waals surface area contributed by atoms with Crippen molar-refractivity contribution in [3.8, 4) is 0 Å². The smallest absolute Gasteiger partial charge is 0.241 e. The molecule has 0 aromatic carbocycles. The Bertz CT molecular complexity index is 256. The first kappa shape index (κ1) is 15.4. The van der Waals surface area contributed by atoms with Gasteiger partial charge in [-0.2, -0.15) is 0 Å². The third kappa shape index (κ3) is 4.25. The Kier molecular flexibility index (Phi) is 6.65. The first-order valence-corrected chi connectivity index (χ1v) is 7.28. The van der Waals surface area contributed by atoms with E-state index in [1.165, 1.54) is 0 Å². The van der Waals surface area contributed by atoms with Crippen LogP contribution in [0, 0.1) is 0 Å². The Labute approximate surface area is 111 Å². The van der Waals surface area contributed by atoms with Crippen LogP contribution in [0.4, 0.5) is 0 Å². The van der Waals surface area contributed by atoms with E-state index >= 15 is 0 Å². The second-order valence-corrected chi connectivity index (χ2v) is 5.21. The zero-order chi connectivity index (χ0) is 13.5. The van der Waals surface area contributed by atoms with Crippen molar-refractivity contribution in [1.29, 1.82) is 0 Å². The van der Waals surface area contributed by atoms with Gasteiger partial charge in [0, 0.05) is 13.2 Å². The average molecular weight is 256 g/mol. The maximum absolute atomic E-state index is 12.1. The largest absolute Gasteiger partial charge is 0.379 e. The number of ether oxygens (including phenoxy) is 1. The average Bonchev–Trinajstić information content (AvgIpc) is 2.65. The van der Waals surface area contributed by atoms with Gasteiger partial charge in [-0.3, -0.25) is 10.1 Å². The van der Waals surface area contributed by atoms with Gasteiger partial charge in [0.2, 0.25) is 5.91 Å². The Morgan fingerprint density at radius 3 is 2.56 bits per heavy atom. The number of rotatable bonds is 8. The molecule has 1 rings (SSSR count). The van der Waals surface area contributed by atoms with Crippen LogP contribution in [0.3, 0.4) is 0 Å². The summed E-state index contributed by atoms with van der Waals surface area (Å²) in [6.45, 7) is 9.92. The first-order valence-electron chi connectivity index (χ1n) is 7.28. The van der Waals surface area contributed by atoms with Crippen LogP contribution in [0.5, 0.6) is 0 Å². The van der Waals surface area contributed by atoms with Gasteiger partial charge in [0.05, 0.1) is 18.3 Å². The van der Waals surface area contributed by atoms with E-state index < -0.39 is 0 Å². The van der Waals surface area contributed by atoms with Crippen LogP contribution < -0.4 is 5.32 Å². The quantitative estimate of drug-likeness (QED) is 0.677. The standard InChI is InChI=1S/C14H28N2O2/c1-5-12-14(17)16(13(6-2)15-12)9-7-8-10-18-11(3)4/h11-13,15H,5-10H2,1-4H3. The lowest BCUT2D eigenvalue weighted by molar-refractivity contribution is -0.130. The molecular formula is C14H28N2O2. The molecular weight excluding hydrogens is 228 g/mol. The van der Waals surface area contributed by atoms with Crippen LogP contribution in [0.15, 0.2) is 0 Å². The van der Waals surface area contributed by atoms with E-state index in [4.69, 9.17) is 4.74 Å². The monoisotopic (exact) mass is 256 g/mol. The molecule has 0 radical (unpaired) electrons. The lowest BCUT2D eigenvalue weighted by Crippen LogP contribution is -2.37. The minimum atomic E-state index is 0.0295. The van der Waals surface area contributed by atoms with E-state index in [0.29, 0.717) is 6.10 Å². The number of nitrogens with zero attached hydrogens (tertiary/aromatic N) is 1. The van der Waals surface area contributed by atoms with Gasteiger partial charge in [-0.1, -0.05) is 13.8 Å². The molecule has 0 bridgehead atoms. The predicted molar refractivity (Wildman–Crippen MR) is 73.3 cm³/mol. The molecule has 18 heavy (non-hydrogen) atoms. The fourth-order valence-corrected chi connectivity index (χ4v) is 2.35. The van der Waals surface area contributed by atoms with Crippen molar-refractivity contribution in [3.63, 3.8) is 0 Å². The summed E-state index contributed by atoms with van der Waals surface area (Å²) < 4.78 is 5.51. The van der Waals surface area contributed by atoms with Crippen LogP contribution >= 0.6 is 0 Å². The van der Waals surface area contributed by atoms with Gasteiger partial charge in [-0.05, 0) is 39.5 Å². The zero-order valence-corrected chi connectivity index (χ0v) is 12.2. The molecule has 0 aliphatic carbocycles. The van der Waals surface area contributed by atoms with Gasteiger partial charge in [0.15, 0.2) is 0 Å². The summed E-state index contributed by atoms with van der Waals surface area (Å²) in [5, 5.41) is 3.39. The lowest BCUT2D eigenvalue weighted by atomic mass is 10.2. The number of carbonyl (C=O) groups excluding carboxylic acids is 1. The summed E-state index contributed by atoms with van der Waals surface area (Å²) >= 11 is 0. The summed E-state index contributed by atoms with van der Waals surface area (Å²) in [6, 6.07) is 0.0295. The Balaban J connectivity index is 2.29. The van der Waals surface area contributed by atoms with Crippen LogP contribution in [0.1, 0.15) is 53.4 Å². The van der Waals surface area contributed by atoms with Gasteiger partial charge in [-0.15, -0.1) is 0 Å². The number of hydrogen-bond acceptors (Lipinski definition) is 3. The summed E-state index contributed by atoms with van der Waals surface area (Å²) in [7, 11) is 0. The number of hydrogen-bond donors (Lipinski definition) is 1. The Hall–Kier alpha value is -0.610. The van der Waals surface area contributed by atoms with E-state index in [1.54, 1.807) is 0 Å². The molecule has 2 atom stereocenters. The molecule has 1 N–H and O–H groups in total. The second-order valence-electron chi connectivity index (χ2n) is 5.21. The van der Waals surface area contributed by atoms with Crippen molar-refractivity contribution in [2.45, 2.75) is 71.7 Å². The van der Waals surface area contributed by atoms with Gasteiger partial charge in [-0.25, -0.2) is 0 Å². The molecule has 0 aromatic rings. The number of unbranched alkanes of at least 4 members (excludes halogenated alkanes) is 1. The normalized spacial score (nSPS) is 24.3. The van der Waals surface area contributed by atoms with Crippen molar-refractivity contribution in [2.75, 3.05) is 13.2 Å². The minimum absolute atomic E-state index is 0.0295. The van der Waals surface area contributed by atoms with Crippen molar-refractivity contribution in [1.82, 2.24) is 10.2 Å². The molecule has 1 aliphatic rings. The summed E-state index contributed by atoms with van der Waals surface area (Å²) in [6.07, 6.45) is 4.43. The van der Waals surface area contributed by atoms with Gasteiger partial charge in [0.25, 0.3) is 0 Å². The molecule has 1 aliphatic heterocycles. The van der Waals surface area contributed by atoms with E-state index in [0.717, 1.165) is 38.8 Å². The van der Waals surface area contributed by atoms with Gasteiger partial charge in [0.1, 0.15) is 0 Å². The highest BCUT2D eigenvalue weighted by atomic mass is 16.5. The SMILES string of the molecule is CCC1NC(CC)N(CCCCOC(C)C)C1=O. The number of carbonyl (C=O) groups is 1. The third-order valence-corrected chi connectivity index (χ3v) is 3.39. The van der Waals surface area contributed by atoms with Crippen LogP contribution in [0.2, 0.25) is 0 Å². The summed E-state index contributed by atoms with van der Waals surface area (Å²) in [5.74, 6) is 0.272. The predicted octanol–water partition coefficient (Wildman–Crippen LogP) is 2.14. The molecule has 106 valence electrons. The maximum Gasteiger partial charge on any atom is 0.241 e. The first-order chi connectivity index (χ1) is 8.60. The van der Waals surface area contributed by atoms with E-state index in [9.17, 15) is 4.79 Å². The molecule has 1 fully saturated rings. The fraction of sp³-hybridized carbons (Fsp3) is 0.929. The second kappa shape index (κ2) is 7.74. The lowest BCUT2D eigenvalue weighted by Gasteiger charge is -2.23. The molecule has 0 aromatic heterocycles. The van der Waals surface area contributed by atoms with Crippen LogP contribution in [-0.2, 0) is 9.53 Å². The number of nitrogens with one attached hydrogen (secondary N) is 1. The fourth-order valence-electron chi connectivity index (χ4n) is 2.35. The van der Waals surface area contributed by atoms with E-state index in [-0.39, 0.29) is 18.1 Å². The highest BCUT2D eigenvalue weighted by molar-refractivity contribution is 5.84. The Morgan fingerprint density at radius 1 is 1.28 bits per heavy atom. The topological polar surface area (TPSA) is 41.6 Å². The molecule has 4 heteroatoms.